The van der Waals surface area contributed by atoms with Crippen molar-refractivity contribution >= 4 is 38.9 Å². The molecule has 2 aromatic rings. The molecule has 0 amide bonds. The molecule has 0 aliphatic heterocycles. The first kappa shape index (κ1) is 16.8. The Bertz CT molecular complexity index is 828. The minimum atomic E-state index is -4.13. The Balaban J connectivity index is 2.42. The second-order valence-electron chi connectivity index (χ2n) is 4.13. The molecule has 0 aliphatic rings. The maximum absolute atomic E-state index is 13.1. The third-order valence-corrected chi connectivity index (χ3v) is 5.09. The molecular formula is C13H9Cl2F2NO3S. The van der Waals surface area contributed by atoms with Crippen molar-refractivity contribution in [1.82, 2.24) is 0 Å². The lowest BCUT2D eigenvalue weighted by Gasteiger charge is -2.12. The van der Waals surface area contributed by atoms with Crippen molar-refractivity contribution in [3.8, 4) is 5.75 Å². The van der Waals surface area contributed by atoms with Crippen LogP contribution in [0.4, 0.5) is 14.5 Å². The molecule has 22 heavy (non-hydrogen) atoms. The number of nitrogens with one attached hydrogen (secondary N) is 1. The molecule has 0 bridgehead atoms. The molecule has 1 N–H and O–H groups in total. The van der Waals surface area contributed by atoms with E-state index in [-0.39, 0.29) is 26.4 Å². The van der Waals surface area contributed by atoms with E-state index < -0.39 is 21.7 Å². The van der Waals surface area contributed by atoms with Crippen LogP contribution < -0.4 is 9.46 Å². The standard InChI is InChI=1S/C13H9Cl2F2NO3S/c1-21-10-4-5-11(13(15)12(10)14)22(19,20)18-7-2-3-8(16)9(17)6-7/h2-6,18H,1H3. The molecule has 0 saturated heterocycles. The summed E-state index contributed by atoms with van der Waals surface area (Å²) >= 11 is 11.8. The molecule has 9 heteroatoms. The molecule has 4 nitrogen and oxygen atoms in total. The van der Waals surface area contributed by atoms with Crippen LogP contribution in [0.2, 0.25) is 10.0 Å². The van der Waals surface area contributed by atoms with Crippen LogP contribution in [0.3, 0.4) is 0 Å². The van der Waals surface area contributed by atoms with E-state index in [0.29, 0.717) is 6.07 Å². The SMILES string of the molecule is COc1ccc(S(=O)(=O)Nc2ccc(F)c(F)c2)c(Cl)c1Cl. The molecule has 0 spiro atoms. The van der Waals surface area contributed by atoms with Crippen LogP contribution in [-0.2, 0) is 10.0 Å². The van der Waals surface area contributed by atoms with Crippen LogP contribution in [0, 0.1) is 11.6 Å². The topological polar surface area (TPSA) is 55.4 Å². The monoisotopic (exact) mass is 367 g/mol. The number of halogens is 4. The smallest absolute Gasteiger partial charge is 0.263 e. The first-order valence-corrected chi connectivity index (χ1v) is 8.00. The van der Waals surface area contributed by atoms with Crippen molar-refractivity contribution in [2.45, 2.75) is 4.90 Å². The van der Waals surface area contributed by atoms with Crippen LogP contribution in [-0.4, -0.2) is 15.5 Å². The van der Waals surface area contributed by atoms with Gasteiger partial charge in [-0.05, 0) is 24.3 Å². The van der Waals surface area contributed by atoms with Crippen molar-refractivity contribution in [3.63, 3.8) is 0 Å². The van der Waals surface area contributed by atoms with Crippen LogP contribution in [0.5, 0.6) is 5.75 Å². The van der Waals surface area contributed by atoms with Gasteiger partial charge in [0.2, 0.25) is 0 Å². The predicted octanol–water partition coefficient (Wildman–Crippen LogP) is 4.08. The Morgan fingerprint density at radius 2 is 1.73 bits per heavy atom. The fraction of sp³-hybridized carbons (Fsp3) is 0.0769. The maximum atomic E-state index is 13.1. The third kappa shape index (κ3) is 3.26. The Kier molecular flexibility index (Phi) is 4.79. The third-order valence-electron chi connectivity index (χ3n) is 2.69. The second-order valence-corrected chi connectivity index (χ2v) is 6.54. The average Bonchev–Trinajstić information content (AvgIpc) is 2.45. The molecule has 2 rings (SSSR count). The lowest BCUT2D eigenvalue weighted by molar-refractivity contribution is 0.414. The predicted molar refractivity (Wildman–Crippen MR) is 80.2 cm³/mol. The van der Waals surface area contributed by atoms with Gasteiger partial charge in [-0.1, -0.05) is 23.2 Å². The minimum Gasteiger partial charge on any atom is -0.495 e. The molecule has 0 aromatic heterocycles. The summed E-state index contributed by atoms with van der Waals surface area (Å²) in [4.78, 5) is -0.315. The fourth-order valence-corrected chi connectivity index (χ4v) is 3.54. The number of hydrogen-bond acceptors (Lipinski definition) is 3. The molecule has 2 aromatic carbocycles. The van der Waals surface area contributed by atoms with Gasteiger partial charge in [0.05, 0.1) is 17.8 Å². The summed E-state index contributed by atoms with van der Waals surface area (Å²) in [5.74, 6) is -2.06. The first-order chi connectivity index (χ1) is 10.3. The lowest BCUT2D eigenvalue weighted by atomic mass is 10.3. The molecule has 0 aliphatic carbocycles. The Morgan fingerprint density at radius 3 is 2.32 bits per heavy atom. The van der Waals surface area contributed by atoms with E-state index in [1.54, 1.807) is 0 Å². The highest BCUT2D eigenvalue weighted by atomic mass is 35.5. The Hall–Kier alpha value is -1.57. The molecule has 0 heterocycles. The normalized spacial score (nSPS) is 11.3. The molecule has 118 valence electrons. The van der Waals surface area contributed by atoms with E-state index in [1.165, 1.54) is 19.2 Å². The number of methoxy groups -OCH3 is 1. The van der Waals surface area contributed by atoms with E-state index >= 15 is 0 Å². The van der Waals surface area contributed by atoms with E-state index in [2.05, 4.69) is 4.72 Å². The van der Waals surface area contributed by atoms with Gasteiger partial charge in [-0.3, -0.25) is 4.72 Å². The zero-order chi connectivity index (χ0) is 16.5. The average molecular weight is 368 g/mol. The van der Waals surface area contributed by atoms with E-state index in [1.807, 2.05) is 0 Å². The van der Waals surface area contributed by atoms with Crippen LogP contribution in [0.1, 0.15) is 0 Å². The number of rotatable bonds is 4. The van der Waals surface area contributed by atoms with Gasteiger partial charge < -0.3 is 4.74 Å². The maximum Gasteiger partial charge on any atom is 0.263 e. The van der Waals surface area contributed by atoms with Gasteiger partial charge in [0.15, 0.2) is 11.6 Å². The Morgan fingerprint density at radius 1 is 1.05 bits per heavy atom. The summed E-state index contributed by atoms with van der Waals surface area (Å²) in [5, 5.41) is -0.312. The van der Waals surface area contributed by atoms with Gasteiger partial charge in [-0.2, -0.15) is 0 Å². The summed E-state index contributed by atoms with van der Waals surface area (Å²) in [7, 11) is -2.78. The summed E-state index contributed by atoms with van der Waals surface area (Å²) in [6, 6.07) is 5.11. The van der Waals surface area contributed by atoms with Gasteiger partial charge in [0, 0.05) is 6.07 Å². The van der Waals surface area contributed by atoms with Gasteiger partial charge in [-0.25, -0.2) is 17.2 Å². The highest BCUT2D eigenvalue weighted by molar-refractivity contribution is 7.92. The largest absolute Gasteiger partial charge is 0.495 e. The highest BCUT2D eigenvalue weighted by Gasteiger charge is 2.22. The summed E-state index contributed by atoms with van der Waals surface area (Å²) in [6.45, 7) is 0. The lowest BCUT2D eigenvalue weighted by Crippen LogP contribution is -2.14. The van der Waals surface area contributed by atoms with Crippen molar-refractivity contribution < 1.29 is 21.9 Å². The molecule has 0 fully saturated rings. The van der Waals surface area contributed by atoms with E-state index in [9.17, 15) is 17.2 Å². The second kappa shape index (κ2) is 6.28. The Labute approximate surface area is 135 Å². The molecule has 0 atom stereocenters. The van der Waals surface area contributed by atoms with Gasteiger partial charge in [-0.15, -0.1) is 0 Å². The molecule has 0 unspecified atom stereocenters. The summed E-state index contributed by atoms with van der Waals surface area (Å²) < 4.78 is 57.5. The van der Waals surface area contributed by atoms with E-state index in [0.717, 1.165) is 12.1 Å². The van der Waals surface area contributed by atoms with Crippen LogP contribution >= 0.6 is 23.2 Å². The van der Waals surface area contributed by atoms with Gasteiger partial charge in [0.1, 0.15) is 15.7 Å². The highest BCUT2D eigenvalue weighted by Crippen LogP contribution is 2.37. The van der Waals surface area contributed by atoms with Crippen molar-refractivity contribution in [2.24, 2.45) is 0 Å². The number of anilines is 1. The van der Waals surface area contributed by atoms with Gasteiger partial charge >= 0.3 is 0 Å². The number of ether oxygens (including phenoxy) is 1. The first-order valence-electron chi connectivity index (χ1n) is 5.76. The zero-order valence-corrected chi connectivity index (χ0v) is 13.4. The van der Waals surface area contributed by atoms with Crippen molar-refractivity contribution in [2.75, 3.05) is 11.8 Å². The summed E-state index contributed by atoms with van der Waals surface area (Å²) in [5.41, 5.74) is -0.151. The summed E-state index contributed by atoms with van der Waals surface area (Å²) in [6.07, 6.45) is 0. The number of sulfonamides is 1. The van der Waals surface area contributed by atoms with Crippen LogP contribution in [0.15, 0.2) is 35.2 Å². The van der Waals surface area contributed by atoms with E-state index in [4.69, 9.17) is 27.9 Å². The number of benzene rings is 2. The van der Waals surface area contributed by atoms with Crippen molar-refractivity contribution in [1.29, 1.82) is 0 Å². The molecule has 0 saturated carbocycles. The van der Waals surface area contributed by atoms with Crippen LogP contribution in [0.25, 0.3) is 0 Å². The fourth-order valence-electron chi connectivity index (χ4n) is 1.65. The molecule has 0 radical (unpaired) electrons. The van der Waals surface area contributed by atoms with Crippen molar-refractivity contribution in [3.05, 3.63) is 52.0 Å². The van der Waals surface area contributed by atoms with Gasteiger partial charge in [0.25, 0.3) is 10.0 Å². The minimum absolute atomic E-state index is 0.0719. The zero-order valence-electron chi connectivity index (χ0n) is 11.0. The number of hydrogen-bond donors (Lipinski definition) is 1. The quantitative estimate of drug-likeness (QED) is 0.885. The molecular weight excluding hydrogens is 359 g/mol.